The van der Waals surface area contributed by atoms with Crippen molar-refractivity contribution in [3.63, 3.8) is 0 Å². The first-order valence-corrected chi connectivity index (χ1v) is 5.95. The Morgan fingerprint density at radius 1 is 1.33 bits per heavy atom. The van der Waals surface area contributed by atoms with Gasteiger partial charge in [-0.3, -0.25) is 10.1 Å². The van der Waals surface area contributed by atoms with E-state index in [0.29, 0.717) is 0 Å². The largest absolute Gasteiger partial charge is 0.497 e. The molecule has 0 unspecified atom stereocenters. The molecule has 1 aromatic rings. The van der Waals surface area contributed by atoms with Gasteiger partial charge in [0.1, 0.15) is 10.6 Å². The molecule has 0 aliphatic carbocycles. The van der Waals surface area contributed by atoms with Crippen molar-refractivity contribution in [2.75, 3.05) is 7.11 Å². The highest BCUT2D eigenvalue weighted by Gasteiger charge is 2.27. The minimum Gasteiger partial charge on any atom is -0.497 e. The van der Waals surface area contributed by atoms with Gasteiger partial charge in [0.2, 0.25) is 0 Å². The van der Waals surface area contributed by atoms with Crippen molar-refractivity contribution in [3.05, 3.63) is 39.9 Å². The Labute approximate surface area is 104 Å². The van der Waals surface area contributed by atoms with Crippen LogP contribution in [0.5, 0.6) is 5.75 Å². The summed E-state index contributed by atoms with van der Waals surface area (Å²) in [5.74, 6) is 0.727. The Bertz CT molecular complexity index is 342. The summed E-state index contributed by atoms with van der Waals surface area (Å²) in [5.41, 5.74) is 0.828. The van der Waals surface area contributed by atoms with Crippen LogP contribution in [0.1, 0.15) is 10.4 Å². The third kappa shape index (κ3) is 3.17. The fourth-order valence-electron chi connectivity index (χ4n) is 1.05. The first kappa shape index (κ1) is 12.4. The number of halogens is 2. The zero-order chi connectivity index (χ0) is 11.4. The van der Waals surface area contributed by atoms with Crippen molar-refractivity contribution >= 4 is 31.9 Å². The van der Waals surface area contributed by atoms with Crippen molar-refractivity contribution in [2.45, 2.75) is 9.78 Å². The average molecular weight is 339 g/mol. The van der Waals surface area contributed by atoms with Crippen LogP contribution in [-0.2, 0) is 0 Å². The zero-order valence-corrected chi connectivity index (χ0v) is 11.1. The maximum absolute atomic E-state index is 10.5. The number of alkyl halides is 2. The third-order valence-electron chi connectivity index (χ3n) is 1.88. The van der Waals surface area contributed by atoms with Gasteiger partial charge in [0.15, 0.2) is 0 Å². The van der Waals surface area contributed by atoms with Gasteiger partial charge >= 0.3 is 0 Å². The van der Waals surface area contributed by atoms with Gasteiger partial charge in [-0.15, -0.1) is 0 Å². The summed E-state index contributed by atoms with van der Waals surface area (Å²) in [4.78, 5) is 8.95. The van der Waals surface area contributed by atoms with E-state index in [1.54, 1.807) is 31.4 Å². The fourth-order valence-corrected chi connectivity index (χ4v) is 1.86. The van der Waals surface area contributed by atoms with E-state index >= 15 is 0 Å². The lowest BCUT2D eigenvalue weighted by Crippen LogP contribution is -2.16. The number of hydrogen-bond acceptors (Lipinski definition) is 3. The standard InChI is InChI=1S/C9H9Br2NO3/c1-15-7-4-2-6(3-5-7)8(10)9(11)12(13)14/h2-5,8-9H,1H3/t8-,9+/m1/s1. The Hall–Kier alpha value is -0.620. The van der Waals surface area contributed by atoms with Gasteiger partial charge in [0.05, 0.1) is 7.11 Å². The van der Waals surface area contributed by atoms with Crippen molar-refractivity contribution in [1.29, 1.82) is 0 Å². The van der Waals surface area contributed by atoms with E-state index in [1.165, 1.54) is 0 Å². The van der Waals surface area contributed by atoms with Crippen LogP contribution < -0.4 is 4.74 Å². The smallest absolute Gasteiger partial charge is 0.282 e. The minimum atomic E-state index is -0.842. The van der Waals surface area contributed by atoms with Gasteiger partial charge in [-0.25, -0.2) is 0 Å². The molecule has 2 atom stereocenters. The number of nitro groups is 1. The molecule has 0 spiro atoms. The first-order chi connectivity index (χ1) is 7.06. The topological polar surface area (TPSA) is 52.4 Å². The molecule has 82 valence electrons. The number of nitrogens with zero attached hydrogens (tertiary/aromatic N) is 1. The predicted molar refractivity (Wildman–Crippen MR) is 64.4 cm³/mol. The van der Waals surface area contributed by atoms with Crippen molar-refractivity contribution < 1.29 is 9.66 Å². The maximum atomic E-state index is 10.5. The second-order valence-corrected chi connectivity index (χ2v) is 4.76. The minimum absolute atomic E-state index is 0.363. The molecule has 0 aliphatic rings. The molecule has 1 aromatic carbocycles. The number of ether oxygens (including phenoxy) is 1. The molecule has 0 fully saturated rings. The van der Waals surface area contributed by atoms with Gasteiger partial charge in [-0.2, -0.15) is 0 Å². The van der Waals surface area contributed by atoms with Gasteiger partial charge < -0.3 is 4.74 Å². The second-order valence-electron chi connectivity index (χ2n) is 2.83. The molecule has 0 aromatic heterocycles. The summed E-state index contributed by atoms with van der Waals surface area (Å²) < 4.78 is 5.00. The van der Waals surface area contributed by atoms with Crippen LogP contribution in [0, 0.1) is 10.1 Å². The van der Waals surface area contributed by atoms with Crippen LogP contribution in [0.4, 0.5) is 0 Å². The highest BCUT2D eigenvalue weighted by Crippen LogP contribution is 2.32. The van der Waals surface area contributed by atoms with Gasteiger partial charge in [-0.05, 0) is 33.6 Å². The summed E-state index contributed by atoms with van der Waals surface area (Å²) in [6.07, 6.45) is 0. The van der Waals surface area contributed by atoms with E-state index in [9.17, 15) is 10.1 Å². The Morgan fingerprint density at radius 2 is 1.87 bits per heavy atom. The summed E-state index contributed by atoms with van der Waals surface area (Å²) in [6, 6.07) is 7.11. The molecule has 0 amide bonds. The van der Waals surface area contributed by atoms with Gasteiger partial charge in [0.25, 0.3) is 4.95 Å². The number of rotatable bonds is 4. The molecule has 1 rings (SSSR count). The monoisotopic (exact) mass is 337 g/mol. The summed E-state index contributed by atoms with van der Waals surface area (Å²) in [5, 5.41) is 10.5. The van der Waals surface area contributed by atoms with Crippen LogP contribution in [0.3, 0.4) is 0 Å². The molecule has 15 heavy (non-hydrogen) atoms. The molecule has 0 N–H and O–H groups in total. The van der Waals surface area contributed by atoms with Crippen LogP contribution in [0.15, 0.2) is 24.3 Å². The molecular weight excluding hydrogens is 330 g/mol. The van der Waals surface area contributed by atoms with Gasteiger partial charge in [-0.1, -0.05) is 28.1 Å². The molecule has 6 heteroatoms. The molecule has 0 bridgehead atoms. The molecule has 0 radical (unpaired) electrons. The highest BCUT2D eigenvalue weighted by atomic mass is 79.9. The predicted octanol–water partition coefficient (Wildman–Crippen LogP) is 3.13. The Morgan fingerprint density at radius 3 is 2.27 bits per heavy atom. The van der Waals surface area contributed by atoms with E-state index in [1.807, 2.05) is 0 Å². The van der Waals surface area contributed by atoms with Crippen LogP contribution >= 0.6 is 31.9 Å². The molecule has 0 saturated carbocycles. The van der Waals surface area contributed by atoms with Crippen LogP contribution in [-0.4, -0.2) is 17.0 Å². The molecule has 0 aliphatic heterocycles. The van der Waals surface area contributed by atoms with E-state index in [-0.39, 0.29) is 9.75 Å². The van der Waals surface area contributed by atoms with Crippen molar-refractivity contribution in [3.8, 4) is 5.75 Å². The van der Waals surface area contributed by atoms with Crippen molar-refractivity contribution in [1.82, 2.24) is 0 Å². The summed E-state index contributed by atoms with van der Waals surface area (Å²) in [6.45, 7) is 0. The lowest BCUT2D eigenvalue weighted by molar-refractivity contribution is -0.492. The lowest BCUT2D eigenvalue weighted by atomic mass is 10.1. The number of methoxy groups -OCH3 is 1. The van der Waals surface area contributed by atoms with E-state index in [4.69, 9.17) is 4.74 Å². The normalized spacial score (nSPS) is 14.3. The molecule has 4 nitrogen and oxygen atoms in total. The maximum Gasteiger partial charge on any atom is 0.282 e. The number of hydrogen-bond donors (Lipinski definition) is 0. The molecule has 0 heterocycles. The molecular formula is C9H9Br2NO3. The van der Waals surface area contributed by atoms with E-state index in [2.05, 4.69) is 31.9 Å². The van der Waals surface area contributed by atoms with Gasteiger partial charge in [0, 0.05) is 4.92 Å². The SMILES string of the molecule is COc1ccc([C@@H](Br)[C@@H](Br)[N+](=O)[O-])cc1. The quantitative estimate of drug-likeness (QED) is 0.367. The first-order valence-electron chi connectivity index (χ1n) is 4.12. The third-order valence-corrected chi connectivity index (χ3v) is 4.48. The van der Waals surface area contributed by atoms with Crippen LogP contribution in [0.25, 0.3) is 0 Å². The zero-order valence-electron chi connectivity index (χ0n) is 7.89. The van der Waals surface area contributed by atoms with Crippen molar-refractivity contribution in [2.24, 2.45) is 0 Å². The Kier molecular flexibility index (Phi) is 4.53. The van der Waals surface area contributed by atoms with Crippen LogP contribution in [0.2, 0.25) is 0 Å². The second kappa shape index (κ2) is 5.46. The summed E-state index contributed by atoms with van der Waals surface area (Å²) >= 11 is 6.27. The lowest BCUT2D eigenvalue weighted by Gasteiger charge is -2.10. The summed E-state index contributed by atoms with van der Waals surface area (Å²) in [7, 11) is 1.57. The average Bonchev–Trinajstić information content (AvgIpc) is 2.27. The number of benzene rings is 1. The highest BCUT2D eigenvalue weighted by molar-refractivity contribution is 9.12. The van der Waals surface area contributed by atoms with E-state index in [0.717, 1.165) is 11.3 Å². The Balaban J connectivity index is 2.82. The van der Waals surface area contributed by atoms with E-state index < -0.39 is 4.95 Å². The fraction of sp³-hybridized carbons (Fsp3) is 0.333. The molecule has 0 saturated heterocycles.